The van der Waals surface area contributed by atoms with Crippen LogP contribution in [0.4, 0.5) is 0 Å². The van der Waals surface area contributed by atoms with E-state index in [9.17, 15) is 14.2 Å². The van der Waals surface area contributed by atoms with Crippen LogP contribution in [0.15, 0.2) is 12.2 Å². The van der Waals surface area contributed by atoms with Gasteiger partial charge in [0, 0.05) is 12.0 Å². The third-order valence-corrected chi connectivity index (χ3v) is 4.02. The number of ether oxygens (including phenoxy) is 2. The van der Waals surface area contributed by atoms with Gasteiger partial charge in [0.05, 0.1) is 0 Å². The van der Waals surface area contributed by atoms with Crippen molar-refractivity contribution in [3.8, 4) is 0 Å². The molecule has 2 N–H and O–H groups in total. The van der Waals surface area contributed by atoms with E-state index in [1.807, 2.05) is 0 Å². The van der Waals surface area contributed by atoms with Gasteiger partial charge in [0.1, 0.15) is 19.3 Å². The first-order chi connectivity index (χ1) is 12.2. The largest absolute Gasteiger partial charge is 0.470 e. The maximum absolute atomic E-state index is 11.7. The highest BCUT2D eigenvalue weighted by atomic mass is 31.2. The molecule has 8 nitrogen and oxygen atoms in total. The lowest BCUT2D eigenvalue weighted by molar-refractivity contribution is -0.150. The number of phosphoric acid groups is 1. The molecule has 26 heavy (non-hydrogen) atoms. The minimum atomic E-state index is -4.81. The van der Waals surface area contributed by atoms with Crippen LogP contribution in [0.25, 0.3) is 0 Å². The first-order valence-corrected chi connectivity index (χ1v) is 10.4. The molecule has 0 aliphatic heterocycles. The van der Waals surface area contributed by atoms with Gasteiger partial charge in [-0.25, -0.2) is 9.36 Å². The number of carbonyl (C=O) groups excluding carboxylic acids is 2. The molecule has 0 rings (SSSR count). The van der Waals surface area contributed by atoms with E-state index in [0.29, 0.717) is 6.42 Å². The Morgan fingerprint density at radius 3 is 2.08 bits per heavy atom. The van der Waals surface area contributed by atoms with Crippen LogP contribution in [0, 0.1) is 0 Å². The second-order valence-electron chi connectivity index (χ2n) is 6.15. The predicted molar refractivity (Wildman–Crippen MR) is 96.3 cm³/mol. The second-order valence-corrected chi connectivity index (χ2v) is 7.34. The van der Waals surface area contributed by atoms with Crippen molar-refractivity contribution in [2.24, 2.45) is 0 Å². The van der Waals surface area contributed by atoms with E-state index in [1.54, 1.807) is 0 Å². The molecule has 0 bridgehead atoms. The molecule has 0 spiro atoms. The summed E-state index contributed by atoms with van der Waals surface area (Å²) in [7, 11) is -4.81. The summed E-state index contributed by atoms with van der Waals surface area (Å²) in [4.78, 5) is 40.8. The van der Waals surface area contributed by atoms with E-state index < -0.39 is 39.1 Å². The van der Waals surface area contributed by atoms with Crippen molar-refractivity contribution in [1.82, 2.24) is 0 Å². The quantitative estimate of drug-likeness (QED) is 0.188. The number of phosphoric ester groups is 1. The molecule has 1 atom stereocenters. The van der Waals surface area contributed by atoms with Crippen molar-refractivity contribution < 1.29 is 37.9 Å². The summed E-state index contributed by atoms with van der Waals surface area (Å²) in [6, 6.07) is 0. The average Bonchev–Trinajstić information content (AvgIpc) is 2.54. The van der Waals surface area contributed by atoms with Crippen molar-refractivity contribution in [2.75, 3.05) is 13.2 Å². The smallest absolute Gasteiger partial charge is 0.463 e. The van der Waals surface area contributed by atoms with Gasteiger partial charge in [-0.15, -0.1) is 0 Å². The van der Waals surface area contributed by atoms with Gasteiger partial charge in [-0.05, 0) is 13.3 Å². The Morgan fingerprint density at radius 1 is 1.00 bits per heavy atom. The fraction of sp³-hybridized carbons (Fsp3) is 0.765. The fourth-order valence-electron chi connectivity index (χ4n) is 2.08. The standard InChI is InChI=1S/C17H31O8P/c1-4-5-6-7-8-9-10-11-16(18)23-12-15(25-26(20,21)22)13-24-17(19)14(2)3/h15H,2,4-13H2,1,3H3,(H2,20,21,22). The summed E-state index contributed by atoms with van der Waals surface area (Å²) < 4.78 is 25.2. The van der Waals surface area contributed by atoms with E-state index in [2.05, 4.69) is 18.0 Å². The first kappa shape index (κ1) is 24.8. The molecular weight excluding hydrogens is 363 g/mol. The number of rotatable bonds is 15. The van der Waals surface area contributed by atoms with Gasteiger partial charge in [-0.2, -0.15) is 0 Å². The van der Waals surface area contributed by atoms with Gasteiger partial charge in [-0.1, -0.05) is 52.0 Å². The van der Waals surface area contributed by atoms with Crippen LogP contribution >= 0.6 is 7.82 Å². The summed E-state index contributed by atoms with van der Waals surface area (Å²) in [6.45, 7) is 6.11. The Kier molecular flexibility index (Phi) is 13.3. The lowest BCUT2D eigenvalue weighted by Gasteiger charge is -2.18. The van der Waals surface area contributed by atoms with Gasteiger partial charge in [0.25, 0.3) is 0 Å². The van der Waals surface area contributed by atoms with Crippen molar-refractivity contribution in [3.63, 3.8) is 0 Å². The molecule has 0 heterocycles. The third-order valence-electron chi connectivity index (χ3n) is 3.45. The molecular formula is C17H31O8P. The topological polar surface area (TPSA) is 119 Å². The molecule has 0 saturated carbocycles. The van der Waals surface area contributed by atoms with Crippen LogP contribution in [0.1, 0.15) is 65.2 Å². The summed E-state index contributed by atoms with van der Waals surface area (Å²) in [5, 5.41) is 0. The number of hydrogen-bond donors (Lipinski definition) is 2. The highest BCUT2D eigenvalue weighted by Crippen LogP contribution is 2.37. The second kappa shape index (κ2) is 13.9. The Bertz CT molecular complexity index is 485. The van der Waals surface area contributed by atoms with Gasteiger partial charge < -0.3 is 19.3 Å². The zero-order valence-electron chi connectivity index (χ0n) is 15.6. The van der Waals surface area contributed by atoms with Crippen LogP contribution in [0.5, 0.6) is 0 Å². The highest BCUT2D eigenvalue weighted by molar-refractivity contribution is 7.46. The Balaban J connectivity index is 4.12. The van der Waals surface area contributed by atoms with Crippen molar-refractivity contribution in [1.29, 1.82) is 0 Å². The van der Waals surface area contributed by atoms with Crippen molar-refractivity contribution in [2.45, 2.75) is 71.3 Å². The molecule has 0 fully saturated rings. The van der Waals surface area contributed by atoms with Crippen LogP contribution < -0.4 is 0 Å². The molecule has 0 saturated heterocycles. The minimum absolute atomic E-state index is 0.135. The van der Waals surface area contributed by atoms with Crippen LogP contribution in [-0.4, -0.2) is 41.0 Å². The molecule has 0 aliphatic rings. The van der Waals surface area contributed by atoms with E-state index >= 15 is 0 Å². The number of esters is 2. The van der Waals surface area contributed by atoms with E-state index in [0.717, 1.165) is 19.3 Å². The predicted octanol–water partition coefficient (Wildman–Crippen LogP) is 3.27. The lowest BCUT2D eigenvalue weighted by atomic mass is 10.1. The number of unbranched alkanes of at least 4 members (excludes halogenated alkanes) is 6. The summed E-state index contributed by atoms with van der Waals surface area (Å²) in [5.41, 5.74) is 0.135. The molecule has 9 heteroatoms. The average molecular weight is 394 g/mol. The van der Waals surface area contributed by atoms with Crippen LogP contribution in [-0.2, 0) is 28.2 Å². The van der Waals surface area contributed by atoms with Crippen LogP contribution in [0.3, 0.4) is 0 Å². The fourth-order valence-corrected chi connectivity index (χ4v) is 2.59. The third kappa shape index (κ3) is 15.1. The summed E-state index contributed by atoms with van der Waals surface area (Å²) in [5.74, 6) is -1.21. The first-order valence-electron chi connectivity index (χ1n) is 8.88. The van der Waals surface area contributed by atoms with E-state index in [-0.39, 0.29) is 12.0 Å². The molecule has 152 valence electrons. The maximum atomic E-state index is 11.7. The van der Waals surface area contributed by atoms with Gasteiger partial charge in [-0.3, -0.25) is 9.32 Å². The highest BCUT2D eigenvalue weighted by Gasteiger charge is 2.25. The molecule has 0 aromatic carbocycles. The van der Waals surface area contributed by atoms with Crippen molar-refractivity contribution >= 4 is 19.8 Å². The number of hydrogen-bond acceptors (Lipinski definition) is 6. The zero-order valence-corrected chi connectivity index (χ0v) is 16.5. The Labute approximate surface area is 155 Å². The lowest BCUT2D eigenvalue weighted by Crippen LogP contribution is -2.28. The minimum Gasteiger partial charge on any atom is -0.463 e. The van der Waals surface area contributed by atoms with Gasteiger partial charge in [0.15, 0.2) is 0 Å². The molecule has 1 unspecified atom stereocenters. The van der Waals surface area contributed by atoms with Gasteiger partial charge >= 0.3 is 19.8 Å². The van der Waals surface area contributed by atoms with E-state index in [4.69, 9.17) is 19.3 Å². The van der Waals surface area contributed by atoms with Crippen LogP contribution in [0.2, 0.25) is 0 Å². The molecule has 0 amide bonds. The Morgan fingerprint density at radius 2 is 1.54 bits per heavy atom. The van der Waals surface area contributed by atoms with E-state index in [1.165, 1.54) is 26.2 Å². The Hall–Kier alpha value is -1.21. The maximum Gasteiger partial charge on any atom is 0.470 e. The summed E-state index contributed by atoms with van der Waals surface area (Å²) >= 11 is 0. The molecule has 0 aromatic heterocycles. The SMILES string of the molecule is C=C(C)C(=O)OCC(COC(=O)CCCCCCCCC)OP(=O)(O)O. The normalized spacial score (nSPS) is 12.5. The molecule has 0 radical (unpaired) electrons. The number of carbonyl (C=O) groups is 2. The monoisotopic (exact) mass is 394 g/mol. The van der Waals surface area contributed by atoms with Crippen molar-refractivity contribution in [3.05, 3.63) is 12.2 Å². The summed E-state index contributed by atoms with van der Waals surface area (Å²) in [6.07, 6.45) is 6.41. The zero-order chi connectivity index (χ0) is 20.0. The molecule has 0 aromatic rings. The van der Waals surface area contributed by atoms with Gasteiger partial charge in [0.2, 0.25) is 0 Å². The molecule has 0 aliphatic carbocycles.